The third kappa shape index (κ3) is 14.3. The molecule has 13 nitrogen and oxygen atoms in total. The van der Waals surface area contributed by atoms with Crippen LogP contribution in [-0.2, 0) is 43.2 Å². The predicted molar refractivity (Wildman–Crippen MR) is 198 cm³/mol. The van der Waals surface area contributed by atoms with Gasteiger partial charge in [0.15, 0.2) is 0 Å². The molecule has 52 heavy (non-hydrogen) atoms. The number of benzene rings is 3. The number of anilines is 2. The lowest BCUT2D eigenvalue weighted by Gasteiger charge is -2.24. The minimum absolute atomic E-state index is 0.0195. The quantitative estimate of drug-likeness (QED) is 0.104. The monoisotopic (exact) mass is 715 g/mol. The van der Waals surface area contributed by atoms with Crippen LogP contribution in [0.2, 0.25) is 0 Å². The van der Waals surface area contributed by atoms with Crippen molar-refractivity contribution in [2.75, 3.05) is 10.6 Å². The summed E-state index contributed by atoms with van der Waals surface area (Å²) in [6, 6.07) is 18.2. The van der Waals surface area contributed by atoms with E-state index < -0.39 is 53.8 Å². The highest BCUT2D eigenvalue weighted by molar-refractivity contribution is 5.99. The number of aliphatic carboxylic acids is 2. The lowest BCUT2D eigenvalue weighted by molar-refractivity contribution is -0.142. The molecule has 0 saturated heterocycles. The molecule has 3 atom stereocenters. The van der Waals surface area contributed by atoms with Crippen molar-refractivity contribution >= 4 is 47.1 Å². The molecule has 0 spiro atoms. The molecule has 0 saturated carbocycles. The minimum Gasteiger partial charge on any atom is -0.480 e. The molecule has 3 rings (SSSR count). The van der Waals surface area contributed by atoms with Crippen molar-refractivity contribution in [3.05, 3.63) is 95.6 Å². The van der Waals surface area contributed by atoms with E-state index in [2.05, 4.69) is 26.6 Å². The smallest absolute Gasteiger partial charge is 0.326 e. The Kier molecular flexibility index (Phi) is 14.9. The molecule has 5 amide bonds. The van der Waals surface area contributed by atoms with Gasteiger partial charge in [-0.1, -0.05) is 89.2 Å². The highest BCUT2D eigenvalue weighted by atomic mass is 16.4. The summed E-state index contributed by atoms with van der Waals surface area (Å²) in [6.45, 7) is 9.34. The Morgan fingerprint density at radius 3 is 1.60 bits per heavy atom. The first-order valence-electron chi connectivity index (χ1n) is 17.1. The van der Waals surface area contributed by atoms with Crippen LogP contribution in [0.5, 0.6) is 0 Å². The van der Waals surface area contributed by atoms with E-state index in [0.717, 1.165) is 0 Å². The second-order valence-corrected chi connectivity index (χ2v) is 14.3. The minimum atomic E-state index is -1.39. The maximum atomic E-state index is 13.5. The van der Waals surface area contributed by atoms with Crippen LogP contribution in [0.15, 0.2) is 78.9 Å². The van der Waals surface area contributed by atoms with E-state index in [1.165, 1.54) is 0 Å². The molecule has 278 valence electrons. The van der Waals surface area contributed by atoms with Gasteiger partial charge < -0.3 is 36.8 Å². The largest absolute Gasteiger partial charge is 0.480 e. The fraction of sp³-hybridized carbons (Fsp3) is 0.385. The molecular weight excluding hydrogens is 666 g/mol. The summed E-state index contributed by atoms with van der Waals surface area (Å²) in [6.07, 6.45) is 0.0515. The summed E-state index contributed by atoms with van der Waals surface area (Å²) in [7, 11) is 0. The fourth-order valence-corrected chi connectivity index (χ4v) is 5.45. The molecule has 3 aromatic carbocycles. The van der Waals surface area contributed by atoms with Gasteiger partial charge in [-0.05, 0) is 58.7 Å². The third-order valence-electron chi connectivity index (χ3n) is 7.87. The molecule has 0 fully saturated rings. The molecule has 7 N–H and O–H groups in total. The molecular formula is C39H49N5O8. The molecule has 0 heterocycles. The Morgan fingerprint density at radius 2 is 1.10 bits per heavy atom. The van der Waals surface area contributed by atoms with Crippen molar-refractivity contribution in [2.45, 2.75) is 84.8 Å². The van der Waals surface area contributed by atoms with Crippen LogP contribution < -0.4 is 26.6 Å². The molecule has 0 bridgehead atoms. The average molecular weight is 716 g/mol. The maximum Gasteiger partial charge on any atom is 0.326 e. The number of urea groups is 1. The Bertz CT molecular complexity index is 1700. The van der Waals surface area contributed by atoms with Gasteiger partial charge in [0.2, 0.25) is 17.7 Å². The zero-order chi connectivity index (χ0) is 38.4. The summed E-state index contributed by atoms with van der Waals surface area (Å²) in [5.41, 5.74) is 2.43. The Hall–Kier alpha value is -5.72. The van der Waals surface area contributed by atoms with Crippen molar-refractivity contribution in [3.8, 4) is 0 Å². The summed E-state index contributed by atoms with van der Waals surface area (Å²) in [5, 5.41) is 33.2. The van der Waals surface area contributed by atoms with Gasteiger partial charge in [0.1, 0.15) is 18.1 Å². The number of nitrogens with one attached hydrogen (secondary N) is 5. The lowest BCUT2D eigenvalue weighted by atomic mass is 9.91. The average Bonchev–Trinajstić information content (AvgIpc) is 3.04. The number of amides is 5. The zero-order valence-corrected chi connectivity index (χ0v) is 30.2. The fourth-order valence-electron chi connectivity index (χ4n) is 5.45. The number of rotatable bonds is 17. The number of carboxylic acids is 2. The summed E-state index contributed by atoms with van der Waals surface area (Å²) in [5.74, 6) is -4.09. The van der Waals surface area contributed by atoms with E-state index in [0.29, 0.717) is 28.1 Å². The van der Waals surface area contributed by atoms with Crippen molar-refractivity contribution in [1.82, 2.24) is 16.0 Å². The Morgan fingerprint density at radius 1 is 0.615 bits per heavy atom. The van der Waals surface area contributed by atoms with Crippen molar-refractivity contribution in [1.29, 1.82) is 0 Å². The number of carbonyl (C=O) groups excluding carboxylic acids is 4. The van der Waals surface area contributed by atoms with Gasteiger partial charge in [0, 0.05) is 30.6 Å². The van der Waals surface area contributed by atoms with Gasteiger partial charge in [-0.25, -0.2) is 14.4 Å². The predicted octanol–water partition coefficient (Wildman–Crippen LogP) is 4.76. The van der Waals surface area contributed by atoms with Crippen LogP contribution in [-0.4, -0.2) is 64.0 Å². The van der Waals surface area contributed by atoms with E-state index in [1.807, 2.05) is 40.7 Å². The summed E-state index contributed by atoms with van der Waals surface area (Å²) < 4.78 is 0. The van der Waals surface area contributed by atoms with Crippen LogP contribution >= 0.6 is 0 Å². The molecule has 0 aliphatic heterocycles. The van der Waals surface area contributed by atoms with E-state index >= 15 is 0 Å². The molecule has 0 aromatic heterocycles. The summed E-state index contributed by atoms with van der Waals surface area (Å²) in [4.78, 5) is 75.8. The van der Waals surface area contributed by atoms with Gasteiger partial charge >= 0.3 is 18.0 Å². The first-order chi connectivity index (χ1) is 24.5. The second kappa shape index (κ2) is 19.0. The standard InChI is InChI=1S/C39H49N5O8/c1-24(2)19-30(42-33(45)20-25-15-17-29(18-16-25)41-38(52)40-28-13-7-6-8-14-28)35(47)44-32(37(50)51)22-27-12-10-9-11-26(27)21-31(36(48)49)43-34(46)23-39(3,4)5/h6-18,24,30-32H,19-23H2,1-5H3,(H,42,45)(H,43,46)(H,44,47)(H,48,49)(H,50,51)(H2,40,41,52). The van der Waals surface area contributed by atoms with Crippen molar-refractivity contribution in [3.63, 3.8) is 0 Å². The normalized spacial score (nSPS) is 12.9. The topological polar surface area (TPSA) is 203 Å². The molecule has 0 radical (unpaired) electrons. The maximum absolute atomic E-state index is 13.5. The summed E-state index contributed by atoms with van der Waals surface area (Å²) >= 11 is 0. The number of carbonyl (C=O) groups is 6. The molecule has 0 aliphatic carbocycles. The zero-order valence-electron chi connectivity index (χ0n) is 30.2. The van der Waals surface area contributed by atoms with E-state index in [9.17, 15) is 39.0 Å². The van der Waals surface area contributed by atoms with Gasteiger partial charge in [-0.15, -0.1) is 0 Å². The highest BCUT2D eigenvalue weighted by Crippen LogP contribution is 2.19. The van der Waals surface area contributed by atoms with Crippen LogP contribution in [0.25, 0.3) is 0 Å². The molecule has 3 aromatic rings. The van der Waals surface area contributed by atoms with Gasteiger partial charge in [0.25, 0.3) is 0 Å². The number of hydrogen-bond acceptors (Lipinski definition) is 6. The third-order valence-corrected chi connectivity index (χ3v) is 7.87. The Labute approximate surface area is 304 Å². The van der Waals surface area contributed by atoms with Gasteiger partial charge in [-0.2, -0.15) is 0 Å². The number of carboxylic acid groups (broad SMARTS) is 2. The first kappa shape index (κ1) is 40.7. The van der Waals surface area contributed by atoms with E-state index in [1.54, 1.807) is 72.8 Å². The SMILES string of the molecule is CC(C)CC(NC(=O)Cc1ccc(NC(=O)Nc2ccccc2)cc1)C(=O)NC(Cc1ccccc1CC(NC(=O)CC(C)(C)C)C(=O)O)C(=O)O. The van der Waals surface area contributed by atoms with Crippen LogP contribution in [0.3, 0.4) is 0 Å². The van der Waals surface area contributed by atoms with Crippen LogP contribution in [0.4, 0.5) is 16.2 Å². The molecule has 0 aliphatic rings. The Balaban J connectivity index is 1.65. The molecule has 3 unspecified atom stereocenters. The van der Waals surface area contributed by atoms with Gasteiger partial charge in [-0.3, -0.25) is 14.4 Å². The van der Waals surface area contributed by atoms with Crippen LogP contribution in [0, 0.1) is 11.3 Å². The first-order valence-corrected chi connectivity index (χ1v) is 17.1. The second-order valence-electron chi connectivity index (χ2n) is 14.3. The lowest BCUT2D eigenvalue weighted by Crippen LogP contribution is -2.53. The van der Waals surface area contributed by atoms with Crippen molar-refractivity contribution < 1.29 is 39.0 Å². The number of para-hydroxylation sites is 1. The van der Waals surface area contributed by atoms with Crippen LogP contribution in [0.1, 0.15) is 64.2 Å². The van der Waals surface area contributed by atoms with E-state index in [4.69, 9.17) is 0 Å². The van der Waals surface area contributed by atoms with E-state index in [-0.39, 0.29) is 43.4 Å². The van der Waals surface area contributed by atoms with Crippen molar-refractivity contribution in [2.24, 2.45) is 11.3 Å². The molecule has 13 heteroatoms. The van der Waals surface area contributed by atoms with Gasteiger partial charge in [0.05, 0.1) is 6.42 Å². The highest BCUT2D eigenvalue weighted by Gasteiger charge is 2.29. The number of hydrogen-bond donors (Lipinski definition) is 7.